The Bertz CT molecular complexity index is 1130. The maximum Gasteiger partial charge on any atom is 0.313 e. The second-order valence-corrected chi connectivity index (χ2v) is 8.24. The lowest BCUT2D eigenvalue weighted by molar-refractivity contribution is -0.145. The quantitative estimate of drug-likeness (QED) is 0.345. The van der Waals surface area contributed by atoms with E-state index < -0.39 is 17.8 Å². The van der Waals surface area contributed by atoms with E-state index in [-0.39, 0.29) is 19.4 Å². The van der Waals surface area contributed by atoms with Crippen molar-refractivity contribution in [1.82, 2.24) is 4.57 Å². The molecule has 0 aliphatic heterocycles. The number of rotatable bonds is 9. The summed E-state index contributed by atoms with van der Waals surface area (Å²) in [6.45, 7) is 2.44. The highest BCUT2D eigenvalue weighted by Crippen LogP contribution is 2.38. The lowest BCUT2D eigenvalue weighted by atomic mass is 9.94. The molecule has 0 bridgehead atoms. The molecular weight excluding hydrogens is 484 g/mol. The number of carbonyl (C=O) groups excluding carboxylic acids is 3. The van der Waals surface area contributed by atoms with E-state index in [1.54, 1.807) is 19.1 Å². The van der Waals surface area contributed by atoms with Crippen molar-refractivity contribution in [2.45, 2.75) is 32.2 Å². The van der Waals surface area contributed by atoms with Crippen LogP contribution in [0.5, 0.6) is 0 Å². The van der Waals surface area contributed by atoms with Crippen LogP contribution < -0.4 is 5.73 Å². The van der Waals surface area contributed by atoms with Crippen molar-refractivity contribution in [1.29, 1.82) is 0 Å². The zero-order chi connectivity index (χ0) is 22.5. The number of carbonyl (C=O) groups is 3. The molecule has 0 fully saturated rings. The van der Waals surface area contributed by atoms with Crippen LogP contribution in [0.4, 0.5) is 0 Å². The number of aldehydes is 1. The first-order chi connectivity index (χ1) is 14.9. The molecule has 1 heterocycles. The number of ether oxygens (including phenoxy) is 1. The Labute approximate surface area is 193 Å². The number of primary amides is 1. The van der Waals surface area contributed by atoms with Crippen LogP contribution in [0, 0.1) is 0 Å². The monoisotopic (exact) mass is 504 g/mol. The molecule has 1 atom stereocenters. The van der Waals surface area contributed by atoms with Crippen LogP contribution in [-0.2, 0) is 32.1 Å². The first-order valence-corrected chi connectivity index (χ1v) is 11.0. The summed E-state index contributed by atoms with van der Waals surface area (Å²) in [7, 11) is 0. The minimum Gasteiger partial charge on any atom is -0.466 e. The molecule has 3 aromatic rings. The number of esters is 1. The van der Waals surface area contributed by atoms with E-state index in [4.69, 9.17) is 22.1 Å². The second kappa shape index (κ2) is 10.1. The SMILES string of the molecule is CCOC(=O)C(CC=O)c1cc2c(CC(N)=O)c(Br)n(Cc3ccccc3)c2cc1Cl. The molecule has 6 nitrogen and oxygen atoms in total. The smallest absolute Gasteiger partial charge is 0.313 e. The summed E-state index contributed by atoms with van der Waals surface area (Å²) in [5, 5.41) is 1.08. The largest absolute Gasteiger partial charge is 0.466 e. The summed E-state index contributed by atoms with van der Waals surface area (Å²) < 4.78 is 7.84. The van der Waals surface area contributed by atoms with Gasteiger partial charge in [0.2, 0.25) is 5.91 Å². The Kier molecular flexibility index (Phi) is 7.51. The second-order valence-electron chi connectivity index (χ2n) is 7.08. The van der Waals surface area contributed by atoms with Gasteiger partial charge in [-0.05, 0) is 46.1 Å². The summed E-state index contributed by atoms with van der Waals surface area (Å²) in [4.78, 5) is 35.5. The zero-order valence-corrected chi connectivity index (χ0v) is 19.3. The van der Waals surface area contributed by atoms with Gasteiger partial charge in [-0.2, -0.15) is 0 Å². The third-order valence-corrected chi connectivity index (χ3v) is 6.26. The van der Waals surface area contributed by atoms with Gasteiger partial charge in [-0.25, -0.2) is 0 Å². The first-order valence-electron chi connectivity index (χ1n) is 9.79. The molecule has 8 heteroatoms. The Balaban J connectivity index is 2.21. The van der Waals surface area contributed by atoms with E-state index in [1.165, 1.54) is 0 Å². The van der Waals surface area contributed by atoms with Crippen molar-refractivity contribution < 1.29 is 19.1 Å². The number of aromatic nitrogens is 1. The predicted molar refractivity (Wildman–Crippen MR) is 123 cm³/mol. The molecule has 1 unspecified atom stereocenters. The van der Waals surface area contributed by atoms with Gasteiger partial charge in [-0.15, -0.1) is 0 Å². The third-order valence-electron chi connectivity index (χ3n) is 5.03. The van der Waals surface area contributed by atoms with Crippen LogP contribution in [-0.4, -0.2) is 29.3 Å². The van der Waals surface area contributed by atoms with Crippen molar-refractivity contribution in [3.63, 3.8) is 0 Å². The molecule has 2 N–H and O–H groups in total. The number of fused-ring (bicyclic) bond motifs is 1. The Morgan fingerprint density at radius 3 is 2.58 bits per heavy atom. The van der Waals surface area contributed by atoms with E-state index in [0.29, 0.717) is 33.6 Å². The van der Waals surface area contributed by atoms with Gasteiger partial charge in [0.25, 0.3) is 0 Å². The van der Waals surface area contributed by atoms with Gasteiger partial charge < -0.3 is 19.8 Å². The van der Waals surface area contributed by atoms with E-state index in [9.17, 15) is 14.4 Å². The number of benzene rings is 2. The van der Waals surface area contributed by atoms with E-state index in [2.05, 4.69) is 15.9 Å². The molecule has 1 amide bonds. The maximum atomic E-state index is 12.5. The molecule has 2 aromatic carbocycles. The third kappa shape index (κ3) is 4.99. The van der Waals surface area contributed by atoms with E-state index in [1.807, 2.05) is 34.9 Å². The summed E-state index contributed by atoms with van der Waals surface area (Å²) in [6, 6.07) is 13.4. The van der Waals surface area contributed by atoms with Gasteiger partial charge in [0.05, 0.1) is 29.1 Å². The number of hydrogen-bond donors (Lipinski definition) is 1. The molecule has 162 valence electrons. The van der Waals surface area contributed by atoms with E-state index >= 15 is 0 Å². The molecule has 0 saturated heterocycles. The highest BCUT2D eigenvalue weighted by atomic mass is 79.9. The average molecular weight is 506 g/mol. The van der Waals surface area contributed by atoms with Gasteiger partial charge in [-0.1, -0.05) is 41.9 Å². The molecule has 31 heavy (non-hydrogen) atoms. The van der Waals surface area contributed by atoms with Crippen LogP contribution in [0.3, 0.4) is 0 Å². The molecule has 0 spiro atoms. The van der Waals surface area contributed by atoms with Gasteiger partial charge in [0, 0.05) is 28.9 Å². The van der Waals surface area contributed by atoms with Gasteiger partial charge in [0.15, 0.2) is 0 Å². The van der Waals surface area contributed by atoms with Crippen LogP contribution in [0.2, 0.25) is 5.02 Å². The fourth-order valence-corrected chi connectivity index (χ4v) is 4.60. The fourth-order valence-electron chi connectivity index (χ4n) is 3.64. The maximum absolute atomic E-state index is 12.5. The van der Waals surface area contributed by atoms with Crippen molar-refractivity contribution in [2.24, 2.45) is 5.73 Å². The Morgan fingerprint density at radius 2 is 1.97 bits per heavy atom. The standard InChI is InChI=1S/C23H22BrClN2O4/c1-2-31-23(30)15(8-9-28)16-10-17-18(11-21(26)29)22(24)27(20(17)12-19(16)25)13-14-6-4-3-5-7-14/h3-7,9-10,12,15H,2,8,11,13H2,1H3,(H2,26,29). The first kappa shape index (κ1) is 23.0. The number of nitrogens with zero attached hydrogens (tertiary/aromatic N) is 1. The van der Waals surface area contributed by atoms with Crippen LogP contribution in [0.1, 0.15) is 36.0 Å². The highest BCUT2D eigenvalue weighted by Gasteiger charge is 2.27. The van der Waals surface area contributed by atoms with Crippen LogP contribution in [0.25, 0.3) is 10.9 Å². The van der Waals surface area contributed by atoms with Gasteiger partial charge >= 0.3 is 5.97 Å². The molecule has 0 radical (unpaired) electrons. The topological polar surface area (TPSA) is 91.4 Å². The molecule has 0 saturated carbocycles. The van der Waals surface area contributed by atoms with Crippen LogP contribution >= 0.6 is 27.5 Å². The average Bonchev–Trinajstić information content (AvgIpc) is 2.97. The van der Waals surface area contributed by atoms with Crippen molar-refractivity contribution in [2.75, 3.05) is 6.61 Å². The number of nitrogens with two attached hydrogens (primary N) is 1. The molecule has 3 rings (SSSR count). The van der Waals surface area contributed by atoms with E-state index in [0.717, 1.165) is 16.5 Å². The molecule has 1 aromatic heterocycles. The van der Waals surface area contributed by atoms with Crippen LogP contribution in [0.15, 0.2) is 47.1 Å². The fraction of sp³-hybridized carbons (Fsp3) is 0.261. The summed E-state index contributed by atoms with van der Waals surface area (Å²) >= 11 is 10.2. The minimum atomic E-state index is -0.827. The van der Waals surface area contributed by atoms with Gasteiger partial charge in [-0.3, -0.25) is 9.59 Å². The normalized spacial score (nSPS) is 12.0. The highest BCUT2D eigenvalue weighted by molar-refractivity contribution is 9.10. The van der Waals surface area contributed by atoms with Gasteiger partial charge in [0.1, 0.15) is 6.29 Å². The number of amides is 1. The molecule has 0 aliphatic rings. The lowest BCUT2D eigenvalue weighted by Gasteiger charge is -2.16. The molecular formula is C23H22BrClN2O4. The summed E-state index contributed by atoms with van der Waals surface area (Å²) in [6.07, 6.45) is 0.627. The molecule has 0 aliphatic carbocycles. The Morgan fingerprint density at radius 1 is 1.26 bits per heavy atom. The predicted octanol–water partition coefficient (Wildman–Crippen LogP) is 4.37. The van der Waals surface area contributed by atoms with Crippen molar-refractivity contribution in [3.8, 4) is 0 Å². The van der Waals surface area contributed by atoms with Crippen molar-refractivity contribution >= 4 is 56.6 Å². The summed E-state index contributed by atoms with van der Waals surface area (Å²) in [5.41, 5.74) is 8.53. The number of halogens is 2. The number of hydrogen-bond acceptors (Lipinski definition) is 4. The Hall–Kier alpha value is -2.64. The lowest BCUT2D eigenvalue weighted by Crippen LogP contribution is -2.17. The minimum absolute atomic E-state index is 0.0116. The summed E-state index contributed by atoms with van der Waals surface area (Å²) in [5.74, 6) is -1.83. The zero-order valence-electron chi connectivity index (χ0n) is 16.9. The van der Waals surface area contributed by atoms with Crippen molar-refractivity contribution in [3.05, 3.63) is 68.8 Å².